The molecule has 0 atom stereocenters. The molecule has 0 saturated carbocycles. The van der Waals surface area contributed by atoms with Gasteiger partial charge in [0, 0.05) is 0 Å². The molecule has 0 aliphatic carbocycles. The zero-order chi connectivity index (χ0) is 20.4. The van der Waals surface area contributed by atoms with Gasteiger partial charge >= 0.3 is 198 Å². The summed E-state index contributed by atoms with van der Waals surface area (Å²) in [7, 11) is 0. The number of hydrogen-bond donors (Lipinski definition) is 0. The van der Waals surface area contributed by atoms with Crippen molar-refractivity contribution in [3.05, 3.63) is 108 Å². The van der Waals surface area contributed by atoms with Crippen molar-refractivity contribution in [1.29, 1.82) is 0 Å². The Bertz CT molecular complexity index is 1020. The molecule has 0 spiro atoms. The molecule has 3 aromatic rings. The molecule has 3 heteroatoms. The van der Waals surface area contributed by atoms with E-state index in [2.05, 4.69) is 91.0 Å². The van der Waals surface area contributed by atoms with Gasteiger partial charge < -0.3 is 0 Å². The first-order valence-electron chi connectivity index (χ1n) is 10.8. The van der Waals surface area contributed by atoms with Crippen LogP contribution in [0.3, 0.4) is 0 Å². The van der Waals surface area contributed by atoms with Crippen LogP contribution in [0.4, 0.5) is 0 Å². The van der Waals surface area contributed by atoms with Crippen molar-refractivity contribution in [2.75, 3.05) is 0 Å². The first-order chi connectivity index (χ1) is 14.9. The summed E-state index contributed by atoms with van der Waals surface area (Å²) in [5.41, 5.74) is 7.38. The summed E-state index contributed by atoms with van der Waals surface area (Å²) in [6.45, 7) is 0. The maximum atomic E-state index is 2.35. The zero-order valence-corrected chi connectivity index (χ0v) is 22.9. The first-order valence-corrected chi connectivity index (χ1v) is 23.4. The van der Waals surface area contributed by atoms with E-state index < -0.39 is 0 Å². The molecule has 0 radical (unpaired) electrons. The Morgan fingerprint density at radius 2 is 1.10 bits per heavy atom. The van der Waals surface area contributed by atoms with Crippen molar-refractivity contribution < 1.29 is 0 Å². The molecule has 150 valence electrons. The molecule has 0 unspecified atom stereocenters. The number of allylic oxidation sites excluding steroid dienone is 2. The van der Waals surface area contributed by atoms with E-state index >= 15 is 0 Å². The summed E-state index contributed by atoms with van der Waals surface area (Å²) in [5, 5.41) is 1.53. The normalized spacial score (nSPS) is 17.4. The standard InChI is InChI=1S/C27H27As3/c1-2-13-21-28-30-29-27(24-18-10-5-11-19-24)26(23-16-8-4-9-17-23)25(20-12-1)22-14-6-3-7-15-22/h3-11,14-19H,1-2,12-13,20-21H2. The minimum atomic E-state index is 0.260. The van der Waals surface area contributed by atoms with E-state index in [1.165, 1.54) is 54.0 Å². The third kappa shape index (κ3) is 6.01. The third-order valence-corrected chi connectivity index (χ3v) is 27.3. The van der Waals surface area contributed by atoms with Gasteiger partial charge in [-0.25, -0.2) is 0 Å². The Balaban J connectivity index is 1.99. The molecule has 0 saturated heterocycles. The summed E-state index contributed by atoms with van der Waals surface area (Å²) >= 11 is 1.37. The van der Waals surface area contributed by atoms with E-state index in [0.717, 1.165) is 0 Å². The number of rotatable bonds is 3. The van der Waals surface area contributed by atoms with Crippen LogP contribution in [0, 0.1) is 0 Å². The van der Waals surface area contributed by atoms with Crippen LogP contribution in [0.1, 0.15) is 48.8 Å². The van der Waals surface area contributed by atoms with Gasteiger partial charge in [-0.1, -0.05) is 0 Å². The fourth-order valence-electron chi connectivity index (χ4n) is 3.92. The van der Waals surface area contributed by atoms with Crippen LogP contribution < -0.4 is 0 Å². The Labute approximate surface area is 196 Å². The van der Waals surface area contributed by atoms with E-state index in [9.17, 15) is 0 Å². The fourth-order valence-corrected chi connectivity index (χ4v) is 26.8. The van der Waals surface area contributed by atoms with Gasteiger partial charge in [0.1, 0.15) is 0 Å². The quantitative estimate of drug-likeness (QED) is 0.329. The third-order valence-electron chi connectivity index (χ3n) is 5.41. The predicted octanol–water partition coefficient (Wildman–Crippen LogP) is 6.14. The van der Waals surface area contributed by atoms with Crippen molar-refractivity contribution in [3.63, 3.8) is 0 Å². The van der Waals surface area contributed by atoms with Gasteiger partial charge in [0.15, 0.2) is 0 Å². The van der Waals surface area contributed by atoms with Crippen LogP contribution in [0.2, 0.25) is 5.21 Å². The van der Waals surface area contributed by atoms with Crippen molar-refractivity contribution in [1.82, 2.24) is 0 Å². The van der Waals surface area contributed by atoms with E-state index in [0.29, 0.717) is 24.2 Å². The van der Waals surface area contributed by atoms with Crippen molar-refractivity contribution in [2.45, 2.75) is 37.3 Å². The molecule has 1 aliphatic heterocycles. The predicted molar refractivity (Wildman–Crippen MR) is 135 cm³/mol. The molecule has 30 heavy (non-hydrogen) atoms. The molecule has 0 N–H and O–H groups in total. The zero-order valence-electron chi connectivity index (χ0n) is 17.2. The second-order valence-electron chi connectivity index (χ2n) is 7.52. The molecule has 0 bridgehead atoms. The average Bonchev–Trinajstić information content (AvgIpc) is 2.81. The molecular formula is C27H27As3. The van der Waals surface area contributed by atoms with Crippen LogP contribution in [0.5, 0.6) is 0 Å². The Kier molecular flexibility index (Phi) is 8.94. The van der Waals surface area contributed by atoms with Gasteiger partial charge in [-0.05, 0) is 0 Å². The topological polar surface area (TPSA) is 0 Å². The molecule has 3 aromatic carbocycles. The Morgan fingerprint density at radius 3 is 1.77 bits per heavy atom. The molecular weight excluding hydrogens is 549 g/mol. The van der Waals surface area contributed by atoms with Crippen LogP contribution in [0.15, 0.2) is 91.0 Å². The second-order valence-corrected chi connectivity index (χ2v) is 28.1. The monoisotopic (exact) mass is 576 g/mol. The van der Waals surface area contributed by atoms with Crippen LogP contribution >= 0.6 is 0 Å². The SMILES string of the molecule is c1ccc(C2=[As][As]=[As]CCCCCCC(c3ccccc3)=C2c2ccccc2)cc1. The molecule has 1 heterocycles. The van der Waals surface area contributed by atoms with E-state index in [1.54, 1.807) is 15.5 Å². The van der Waals surface area contributed by atoms with Crippen molar-refractivity contribution in [3.8, 4) is 0 Å². The summed E-state index contributed by atoms with van der Waals surface area (Å²) < 4.78 is 1.67. The molecule has 0 fully saturated rings. The van der Waals surface area contributed by atoms with Crippen molar-refractivity contribution >= 4 is 52.9 Å². The van der Waals surface area contributed by atoms with Gasteiger partial charge in [-0.15, -0.1) is 0 Å². The van der Waals surface area contributed by atoms with Gasteiger partial charge in [-0.3, -0.25) is 0 Å². The Morgan fingerprint density at radius 1 is 0.533 bits per heavy atom. The maximum absolute atomic E-state index is 2.35. The first kappa shape index (κ1) is 22.2. The summed E-state index contributed by atoms with van der Waals surface area (Å²) in [6.07, 6.45) is 6.72. The van der Waals surface area contributed by atoms with E-state index in [1.807, 2.05) is 0 Å². The van der Waals surface area contributed by atoms with Gasteiger partial charge in [0.25, 0.3) is 0 Å². The minimum absolute atomic E-state index is 0.260. The molecule has 0 amide bonds. The molecule has 4 rings (SSSR count). The summed E-state index contributed by atoms with van der Waals surface area (Å²) in [5.74, 6) is 0. The van der Waals surface area contributed by atoms with E-state index in [4.69, 9.17) is 0 Å². The van der Waals surface area contributed by atoms with Crippen LogP contribution in [0.25, 0.3) is 11.1 Å². The molecule has 1 aliphatic rings. The van der Waals surface area contributed by atoms with Crippen LogP contribution in [-0.4, -0.2) is 41.8 Å². The van der Waals surface area contributed by atoms with Gasteiger partial charge in [0.2, 0.25) is 0 Å². The van der Waals surface area contributed by atoms with Crippen molar-refractivity contribution in [2.24, 2.45) is 0 Å². The fraction of sp³-hybridized carbons (Fsp3) is 0.222. The van der Waals surface area contributed by atoms with E-state index in [-0.39, 0.29) is 13.2 Å². The Hall–Kier alpha value is -1.05. The molecule has 0 nitrogen and oxygen atoms in total. The van der Waals surface area contributed by atoms with Crippen LogP contribution in [-0.2, 0) is 0 Å². The summed E-state index contributed by atoms with van der Waals surface area (Å²) in [4.78, 5) is 0. The van der Waals surface area contributed by atoms with Gasteiger partial charge in [0.05, 0.1) is 0 Å². The van der Waals surface area contributed by atoms with Gasteiger partial charge in [-0.2, -0.15) is 0 Å². The second kappa shape index (κ2) is 12.1. The summed E-state index contributed by atoms with van der Waals surface area (Å²) in [6, 6.07) is 33.7. The number of benzene rings is 3. The molecule has 0 aromatic heterocycles. The number of hydrogen-bond acceptors (Lipinski definition) is 0. The average molecular weight is 576 g/mol.